The molecule has 10 heteroatoms. The highest BCUT2D eigenvalue weighted by atomic mass is 32.2. The molecular weight excluding hydrogens is 384 g/mol. The lowest BCUT2D eigenvalue weighted by Crippen LogP contribution is -2.54. The molecule has 4 N–H and O–H groups in total. The molecule has 3 amide bonds. The lowest BCUT2D eigenvalue weighted by atomic mass is 9.91. The topological polar surface area (TPSA) is 126 Å². The van der Waals surface area contributed by atoms with E-state index in [1.54, 1.807) is 34.6 Å². The van der Waals surface area contributed by atoms with Gasteiger partial charge in [-0.2, -0.15) is 13.1 Å². The maximum Gasteiger partial charge on any atom is 0.422 e. The van der Waals surface area contributed by atoms with Crippen molar-refractivity contribution < 1.29 is 22.7 Å². The third kappa shape index (κ3) is 13.6. The molecule has 0 fully saturated rings. The Kier molecular flexibility index (Phi) is 8.36. The van der Waals surface area contributed by atoms with Gasteiger partial charge >= 0.3 is 22.3 Å². The van der Waals surface area contributed by atoms with Crippen LogP contribution in [-0.2, 0) is 14.9 Å². The van der Waals surface area contributed by atoms with Crippen molar-refractivity contribution in [3.63, 3.8) is 0 Å². The molecule has 28 heavy (non-hydrogen) atoms. The number of carbonyl (C=O) groups excluding carboxylic acids is 2. The molecule has 0 radical (unpaired) electrons. The van der Waals surface area contributed by atoms with Crippen LogP contribution in [0.3, 0.4) is 0 Å². The Bertz CT molecular complexity index is 658. The molecule has 0 saturated heterocycles. The van der Waals surface area contributed by atoms with E-state index in [2.05, 4.69) is 15.4 Å². The summed E-state index contributed by atoms with van der Waals surface area (Å²) in [6.45, 7) is 17.7. The van der Waals surface area contributed by atoms with Gasteiger partial charge in [-0.1, -0.05) is 0 Å². The summed E-state index contributed by atoms with van der Waals surface area (Å²) in [4.78, 5) is 24.0. The normalized spacial score (nSPS) is 13.6. The number of amides is 3. The standard InChI is InChI=1S/C18H38N4O5S/c1-15(2,3)19-13(23)20-17(7,8)11-12-18(9,10)27-14(24)21-28(25,26)22-16(4,5)6/h22H,11-12H2,1-10H3,(H,21,24)(H2,19,20,23). The molecule has 0 heterocycles. The smallest absolute Gasteiger partial charge is 0.422 e. The molecule has 0 aromatic carbocycles. The van der Waals surface area contributed by atoms with Crippen LogP contribution < -0.4 is 20.1 Å². The van der Waals surface area contributed by atoms with Crippen molar-refractivity contribution in [3.8, 4) is 0 Å². The SMILES string of the molecule is CC(C)(C)NC(=O)NC(C)(C)CCC(C)(C)OC(=O)NS(=O)(=O)NC(C)(C)C. The number of carbonyl (C=O) groups is 2. The molecule has 9 nitrogen and oxygen atoms in total. The van der Waals surface area contributed by atoms with Crippen LogP contribution in [0.2, 0.25) is 0 Å². The van der Waals surface area contributed by atoms with Gasteiger partial charge in [0.1, 0.15) is 5.60 Å². The second kappa shape index (κ2) is 8.86. The zero-order valence-electron chi connectivity index (χ0n) is 18.9. The van der Waals surface area contributed by atoms with Gasteiger partial charge in [0.15, 0.2) is 0 Å². The molecule has 0 aliphatic heterocycles. The molecule has 0 rings (SSSR count). The van der Waals surface area contributed by atoms with E-state index in [0.29, 0.717) is 12.8 Å². The van der Waals surface area contributed by atoms with E-state index < -0.39 is 33.0 Å². The molecular formula is C18H38N4O5S. The van der Waals surface area contributed by atoms with Crippen LogP contribution in [0.15, 0.2) is 0 Å². The fourth-order valence-corrected chi connectivity index (χ4v) is 3.33. The number of hydrogen-bond donors (Lipinski definition) is 4. The number of ether oxygens (including phenoxy) is 1. The van der Waals surface area contributed by atoms with E-state index in [-0.39, 0.29) is 11.6 Å². The highest BCUT2D eigenvalue weighted by Crippen LogP contribution is 2.22. The van der Waals surface area contributed by atoms with Crippen LogP contribution >= 0.6 is 0 Å². The minimum Gasteiger partial charge on any atom is -0.443 e. The summed E-state index contributed by atoms with van der Waals surface area (Å²) in [5.74, 6) is 0. The Morgan fingerprint density at radius 1 is 0.786 bits per heavy atom. The minimum atomic E-state index is -4.03. The van der Waals surface area contributed by atoms with E-state index in [9.17, 15) is 18.0 Å². The molecule has 0 spiro atoms. The number of urea groups is 1. The summed E-state index contributed by atoms with van der Waals surface area (Å²) in [6.07, 6.45) is -0.133. The van der Waals surface area contributed by atoms with E-state index in [4.69, 9.17) is 4.74 Å². The third-order valence-electron chi connectivity index (χ3n) is 3.32. The van der Waals surface area contributed by atoms with Crippen LogP contribution in [0.25, 0.3) is 0 Å². The van der Waals surface area contributed by atoms with Crippen molar-refractivity contribution in [1.82, 2.24) is 20.1 Å². The number of hydrogen-bond acceptors (Lipinski definition) is 5. The lowest BCUT2D eigenvalue weighted by Gasteiger charge is -2.33. The Balaban J connectivity index is 4.71. The Morgan fingerprint density at radius 2 is 1.29 bits per heavy atom. The average Bonchev–Trinajstić information content (AvgIpc) is 2.28. The van der Waals surface area contributed by atoms with Gasteiger partial charge in [0.25, 0.3) is 0 Å². The average molecular weight is 423 g/mol. The molecule has 0 aromatic rings. The van der Waals surface area contributed by atoms with Gasteiger partial charge < -0.3 is 15.4 Å². The first-order chi connectivity index (χ1) is 12.1. The van der Waals surface area contributed by atoms with E-state index in [1.807, 2.05) is 39.3 Å². The quantitative estimate of drug-likeness (QED) is 0.502. The summed E-state index contributed by atoms with van der Waals surface area (Å²) in [7, 11) is -4.03. The number of rotatable bonds is 7. The molecule has 0 bridgehead atoms. The van der Waals surface area contributed by atoms with Gasteiger partial charge in [-0.3, -0.25) is 0 Å². The van der Waals surface area contributed by atoms with Crippen molar-refractivity contribution in [2.45, 2.75) is 104 Å². The van der Waals surface area contributed by atoms with Gasteiger partial charge in [-0.25, -0.2) is 14.3 Å². The predicted molar refractivity (Wildman–Crippen MR) is 110 cm³/mol. The summed E-state index contributed by atoms with van der Waals surface area (Å²) in [5, 5.41) is 5.72. The molecule has 0 aliphatic carbocycles. The lowest BCUT2D eigenvalue weighted by molar-refractivity contribution is 0.0302. The van der Waals surface area contributed by atoms with Crippen LogP contribution in [0.1, 0.15) is 82.1 Å². The van der Waals surface area contributed by atoms with Crippen molar-refractivity contribution in [1.29, 1.82) is 0 Å². The first kappa shape index (κ1) is 26.4. The largest absolute Gasteiger partial charge is 0.443 e. The Labute approximate surface area is 169 Å². The first-order valence-electron chi connectivity index (χ1n) is 9.27. The van der Waals surface area contributed by atoms with Crippen LogP contribution in [0.5, 0.6) is 0 Å². The van der Waals surface area contributed by atoms with Crippen LogP contribution in [-0.4, -0.2) is 42.8 Å². The summed E-state index contributed by atoms with van der Waals surface area (Å²) in [6, 6.07) is -0.284. The summed E-state index contributed by atoms with van der Waals surface area (Å²) < 4.78 is 33.3. The fourth-order valence-electron chi connectivity index (χ4n) is 2.22. The van der Waals surface area contributed by atoms with Gasteiger partial charge in [0.05, 0.1) is 0 Å². The van der Waals surface area contributed by atoms with E-state index in [0.717, 1.165) is 0 Å². The second-order valence-corrected chi connectivity index (χ2v) is 11.7. The first-order valence-corrected chi connectivity index (χ1v) is 10.7. The summed E-state index contributed by atoms with van der Waals surface area (Å²) >= 11 is 0. The molecule has 0 aromatic heterocycles. The minimum absolute atomic E-state index is 0.284. The van der Waals surface area contributed by atoms with Gasteiger partial charge in [-0.15, -0.1) is 0 Å². The van der Waals surface area contributed by atoms with Gasteiger partial charge in [-0.05, 0) is 82.1 Å². The maximum absolute atomic E-state index is 12.1. The van der Waals surface area contributed by atoms with Crippen molar-refractivity contribution >= 4 is 22.3 Å². The molecule has 0 atom stereocenters. The van der Waals surface area contributed by atoms with Gasteiger partial charge in [0.2, 0.25) is 0 Å². The monoisotopic (exact) mass is 422 g/mol. The molecule has 0 aliphatic rings. The number of nitrogens with one attached hydrogen (secondary N) is 4. The zero-order chi connectivity index (χ0) is 22.6. The van der Waals surface area contributed by atoms with E-state index >= 15 is 0 Å². The molecule has 166 valence electrons. The second-order valence-electron chi connectivity index (χ2n) is 10.3. The highest BCUT2D eigenvalue weighted by Gasteiger charge is 2.31. The zero-order valence-corrected chi connectivity index (χ0v) is 19.7. The summed E-state index contributed by atoms with van der Waals surface area (Å²) in [5.41, 5.74) is -2.56. The highest BCUT2D eigenvalue weighted by molar-refractivity contribution is 7.88. The molecule has 0 saturated carbocycles. The Morgan fingerprint density at radius 3 is 1.71 bits per heavy atom. The Hall–Kier alpha value is -1.55. The van der Waals surface area contributed by atoms with Crippen LogP contribution in [0.4, 0.5) is 9.59 Å². The predicted octanol–water partition coefficient (Wildman–Crippen LogP) is 2.78. The van der Waals surface area contributed by atoms with Crippen molar-refractivity contribution in [3.05, 3.63) is 0 Å². The maximum atomic E-state index is 12.1. The van der Waals surface area contributed by atoms with E-state index in [1.165, 1.54) is 0 Å². The fraction of sp³-hybridized carbons (Fsp3) is 0.889. The van der Waals surface area contributed by atoms with Crippen molar-refractivity contribution in [2.24, 2.45) is 0 Å². The van der Waals surface area contributed by atoms with Crippen molar-refractivity contribution in [2.75, 3.05) is 0 Å². The van der Waals surface area contributed by atoms with Crippen LogP contribution in [0, 0.1) is 0 Å². The van der Waals surface area contributed by atoms with Gasteiger partial charge in [0, 0.05) is 16.6 Å². The molecule has 0 unspecified atom stereocenters. The third-order valence-corrected chi connectivity index (χ3v) is 4.64.